The van der Waals surface area contributed by atoms with Crippen LogP contribution in [0.15, 0.2) is 116 Å². The summed E-state index contributed by atoms with van der Waals surface area (Å²) in [6.07, 6.45) is 13.8. The fourth-order valence-electron chi connectivity index (χ4n) is 13.0. The molecule has 1 aromatic heterocycles. The number of hydrogen-bond acceptors (Lipinski definition) is 3. The van der Waals surface area contributed by atoms with Gasteiger partial charge in [-0.05, 0) is 153 Å². The van der Waals surface area contributed by atoms with Crippen LogP contribution < -0.4 is 20.9 Å². The molecule has 6 aliphatic rings. The van der Waals surface area contributed by atoms with Crippen LogP contribution in [0.4, 0.5) is 5.69 Å². The predicted molar refractivity (Wildman–Crippen MR) is 253 cm³/mol. The van der Waals surface area contributed by atoms with E-state index in [1.807, 2.05) is 0 Å². The molecule has 0 bridgehead atoms. The Hall–Kier alpha value is -4.80. The number of aromatic nitrogens is 1. The van der Waals surface area contributed by atoms with Gasteiger partial charge in [0.1, 0.15) is 0 Å². The van der Waals surface area contributed by atoms with Gasteiger partial charge in [0.2, 0.25) is 0 Å². The van der Waals surface area contributed by atoms with Crippen LogP contribution in [0.2, 0.25) is 0 Å². The maximum absolute atomic E-state index is 4.55. The quantitative estimate of drug-likeness (QED) is 0.192. The molecule has 4 aromatic carbocycles. The fourth-order valence-corrected chi connectivity index (χ4v) is 13.0. The zero-order valence-corrected chi connectivity index (χ0v) is 36.5. The number of hydrogen-bond donors (Lipinski definition) is 1. The smallest absolute Gasteiger partial charge is 0.0738 e. The van der Waals surface area contributed by atoms with E-state index >= 15 is 0 Å². The summed E-state index contributed by atoms with van der Waals surface area (Å²) in [5, 5.41) is 8.11. The van der Waals surface area contributed by atoms with Crippen molar-refractivity contribution in [2.75, 3.05) is 37.6 Å². The number of anilines is 1. The lowest BCUT2D eigenvalue weighted by Gasteiger charge is -2.58. The molecule has 4 fully saturated rings. The van der Waals surface area contributed by atoms with E-state index in [2.05, 4.69) is 151 Å². The standard InChI is InChI=1S/C38H46N4.C18H20/c1-26-10-11-36(27(2)39-26)42-28(3)34-18-31-12-13-38(22-32(31)19-35(34)29(42)4)24-40(25-38)23-30-20-37(21-30)14-16-41(17-15-37)33-8-6-5-7-9-33;1-13-8-10-18-14(2)17(11-9-16(18)12-13)15-6-4-3-5-7-15/h5-9,18-19,30,36,39H,1-4,10-17,20-25H2;3-8,10,12,14,17H,9,11H2,1-2H3/t;14-,17-/m.0/s1. The molecule has 2 spiro atoms. The van der Waals surface area contributed by atoms with Crippen molar-refractivity contribution < 1.29 is 0 Å². The molecule has 0 amide bonds. The fraction of sp³-hybridized carbons (Fsp3) is 0.429. The highest BCUT2D eigenvalue weighted by Gasteiger charge is 2.50. The molecule has 1 unspecified atom stereocenters. The Labute approximate surface area is 359 Å². The summed E-state index contributed by atoms with van der Waals surface area (Å²) in [4.78, 5) is 5.38. The van der Waals surface area contributed by atoms with Crippen LogP contribution in [0.3, 0.4) is 0 Å². The van der Waals surface area contributed by atoms with Gasteiger partial charge in [0.25, 0.3) is 0 Å². The third-order valence-electron chi connectivity index (χ3n) is 16.2. The zero-order valence-electron chi connectivity index (χ0n) is 36.5. The first-order chi connectivity index (χ1) is 29.1. The van der Waals surface area contributed by atoms with Gasteiger partial charge in [0, 0.05) is 76.7 Å². The van der Waals surface area contributed by atoms with Crippen LogP contribution in [0.1, 0.15) is 110 Å². The molecule has 3 aliphatic carbocycles. The number of rotatable bonds is 5. The monoisotopic (exact) mass is 795 g/mol. The van der Waals surface area contributed by atoms with Gasteiger partial charge in [-0.15, -0.1) is 0 Å². The minimum Gasteiger partial charge on any atom is -0.371 e. The van der Waals surface area contributed by atoms with Gasteiger partial charge >= 0.3 is 0 Å². The summed E-state index contributed by atoms with van der Waals surface area (Å²) in [6.45, 7) is 28.4. The highest BCUT2D eigenvalue weighted by Crippen LogP contribution is 2.54. The summed E-state index contributed by atoms with van der Waals surface area (Å²) in [5.74, 6) is 2.23. The number of piperidine rings is 2. The lowest BCUT2D eigenvalue weighted by molar-refractivity contribution is -0.0579. The Morgan fingerprint density at radius 1 is 0.700 bits per heavy atom. The number of likely N-dealkylation sites (tertiary alicyclic amines) is 1. The van der Waals surface area contributed by atoms with E-state index in [4.69, 9.17) is 0 Å². The molecule has 1 N–H and O–H groups in total. The first kappa shape index (κ1) is 39.3. The van der Waals surface area contributed by atoms with E-state index in [1.165, 1.54) is 124 Å². The first-order valence-electron chi connectivity index (χ1n) is 23.2. The summed E-state index contributed by atoms with van der Waals surface area (Å²) in [6, 6.07) is 34.0. The summed E-state index contributed by atoms with van der Waals surface area (Å²) >= 11 is 0. The number of nitrogens with zero attached hydrogens (tertiary/aromatic N) is 3. The van der Waals surface area contributed by atoms with Crippen molar-refractivity contribution in [2.45, 2.75) is 102 Å². The second kappa shape index (κ2) is 15.6. The summed E-state index contributed by atoms with van der Waals surface area (Å²) < 4.78 is 2.33. The Morgan fingerprint density at radius 3 is 2.08 bits per heavy atom. The summed E-state index contributed by atoms with van der Waals surface area (Å²) in [7, 11) is 0. The molecule has 4 heterocycles. The number of nitrogens with one attached hydrogen (secondary N) is 1. The number of para-hydroxylation sites is 1. The van der Waals surface area contributed by atoms with E-state index in [0.29, 0.717) is 22.7 Å². The van der Waals surface area contributed by atoms with Gasteiger partial charge in [-0.25, -0.2) is 0 Å². The molecule has 5 aromatic rings. The Bertz CT molecular complexity index is 2510. The maximum Gasteiger partial charge on any atom is 0.0738 e. The van der Waals surface area contributed by atoms with Crippen LogP contribution in [0.5, 0.6) is 0 Å². The third kappa shape index (κ3) is 7.27. The highest BCUT2D eigenvalue weighted by molar-refractivity contribution is 5.85. The molecule has 1 saturated carbocycles. The van der Waals surface area contributed by atoms with Gasteiger partial charge in [-0.3, -0.25) is 0 Å². The van der Waals surface area contributed by atoms with Crippen molar-refractivity contribution in [3.8, 4) is 0 Å². The van der Waals surface area contributed by atoms with Gasteiger partial charge in [0.15, 0.2) is 0 Å². The van der Waals surface area contributed by atoms with E-state index in [1.54, 1.807) is 16.7 Å². The molecule has 0 radical (unpaired) electrons. The Morgan fingerprint density at radius 2 is 1.38 bits per heavy atom. The zero-order chi connectivity index (χ0) is 41.2. The average Bonchev–Trinajstić information content (AvgIpc) is 3.47. The van der Waals surface area contributed by atoms with Gasteiger partial charge < -0.3 is 19.7 Å². The van der Waals surface area contributed by atoms with Crippen molar-refractivity contribution in [1.29, 1.82) is 0 Å². The maximum atomic E-state index is 4.55. The molecule has 11 rings (SSSR count). The van der Waals surface area contributed by atoms with E-state index < -0.39 is 0 Å². The predicted octanol–water partition coefficient (Wildman–Crippen LogP) is 10.7. The largest absolute Gasteiger partial charge is 0.371 e. The second-order valence-corrected chi connectivity index (χ2v) is 20.2. The van der Waals surface area contributed by atoms with E-state index in [0.717, 1.165) is 40.9 Å². The van der Waals surface area contributed by atoms with Gasteiger partial charge in [0.05, 0.1) is 6.04 Å². The molecule has 3 aliphatic heterocycles. The molecule has 310 valence electrons. The van der Waals surface area contributed by atoms with Crippen LogP contribution in [-0.2, 0) is 19.3 Å². The molecule has 60 heavy (non-hydrogen) atoms. The molecular formula is C56H66N4. The average molecular weight is 795 g/mol. The topological polar surface area (TPSA) is 23.4 Å². The molecule has 3 saturated heterocycles. The van der Waals surface area contributed by atoms with E-state index in [9.17, 15) is 0 Å². The van der Waals surface area contributed by atoms with Crippen LogP contribution in [0, 0.1) is 23.7 Å². The first-order valence-corrected chi connectivity index (χ1v) is 23.2. The van der Waals surface area contributed by atoms with Crippen LogP contribution >= 0.6 is 0 Å². The van der Waals surface area contributed by atoms with Crippen molar-refractivity contribution in [2.24, 2.45) is 16.7 Å². The van der Waals surface area contributed by atoms with Crippen LogP contribution in [0.25, 0.3) is 23.9 Å². The minimum atomic E-state index is 0.188. The molecule has 4 nitrogen and oxygen atoms in total. The van der Waals surface area contributed by atoms with Crippen LogP contribution in [-0.4, -0.2) is 42.2 Å². The molecule has 4 heteroatoms. The Balaban J connectivity index is 0.000000201. The normalized spacial score (nSPS) is 24.5. The number of allylic oxidation sites excluding steroid dienone is 2. The lowest BCUT2D eigenvalue weighted by Crippen LogP contribution is -2.61. The summed E-state index contributed by atoms with van der Waals surface area (Å²) in [5.41, 5.74) is 13.7. The minimum absolute atomic E-state index is 0.188. The number of benzene rings is 4. The van der Waals surface area contributed by atoms with Crippen molar-refractivity contribution in [3.05, 3.63) is 160 Å². The Kier molecular flexibility index (Phi) is 10.2. The highest BCUT2D eigenvalue weighted by atomic mass is 15.2. The third-order valence-corrected chi connectivity index (χ3v) is 16.2. The number of aryl methyl sites for hydroxylation is 3. The van der Waals surface area contributed by atoms with E-state index in [-0.39, 0.29) is 6.04 Å². The molecule has 3 atom stereocenters. The van der Waals surface area contributed by atoms with Crippen molar-refractivity contribution in [3.63, 3.8) is 0 Å². The SMILES string of the molecule is C=C1CCC(n2c(=C)c3cc4c(cc3c2=C)CC2(CC4)CN(CC3CC4(CCN(c5ccccc5)CC4)C3)C2)C(=C)N1.Cc1ccc2c(c1)CC[C@H](c1ccccc1)[C@@H]2C. The van der Waals surface area contributed by atoms with Crippen molar-refractivity contribution >= 4 is 29.6 Å². The number of fused-ring (bicyclic) bond motifs is 3. The van der Waals surface area contributed by atoms with Crippen molar-refractivity contribution in [1.82, 2.24) is 14.8 Å². The lowest BCUT2D eigenvalue weighted by atomic mass is 9.57. The molecular weight excluding hydrogens is 729 g/mol. The second-order valence-electron chi connectivity index (χ2n) is 20.2. The van der Waals surface area contributed by atoms with Gasteiger partial charge in [-0.1, -0.05) is 106 Å². The van der Waals surface area contributed by atoms with Gasteiger partial charge in [-0.2, -0.15) is 0 Å².